The molecule has 3 heterocycles. The van der Waals surface area contributed by atoms with Crippen molar-refractivity contribution in [2.24, 2.45) is 0 Å². The molecule has 2 aliphatic rings. The normalized spacial score (nSPS) is 23.4. The Morgan fingerprint density at radius 3 is 2.65 bits per heavy atom. The standard InChI is InChI=1S/C21H25N3O2/c1-15(2)23-11-5-9-21(20(23)26)10-6-12-24(21)19(25)17-13-16-7-3-4-8-18(16)22-14-17/h3-4,7-8,13-15H,5-6,9-12H2,1-2H3. The van der Waals surface area contributed by atoms with Gasteiger partial charge in [0.15, 0.2) is 0 Å². The van der Waals surface area contributed by atoms with Crippen molar-refractivity contribution >= 4 is 22.7 Å². The van der Waals surface area contributed by atoms with E-state index in [0.29, 0.717) is 12.1 Å². The number of pyridine rings is 1. The average molecular weight is 351 g/mol. The summed E-state index contributed by atoms with van der Waals surface area (Å²) >= 11 is 0. The Kier molecular flexibility index (Phi) is 4.17. The van der Waals surface area contributed by atoms with Crippen LogP contribution in [0.25, 0.3) is 10.9 Å². The first-order chi connectivity index (χ1) is 12.5. The van der Waals surface area contributed by atoms with E-state index in [4.69, 9.17) is 0 Å². The Balaban J connectivity index is 1.69. The van der Waals surface area contributed by atoms with Crippen LogP contribution in [0.3, 0.4) is 0 Å². The number of benzene rings is 1. The summed E-state index contributed by atoms with van der Waals surface area (Å²) < 4.78 is 0. The Labute approximate surface area is 154 Å². The van der Waals surface area contributed by atoms with E-state index in [-0.39, 0.29) is 17.9 Å². The quantitative estimate of drug-likeness (QED) is 0.835. The zero-order valence-corrected chi connectivity index (χ0v) is 15.4. The molecular formula is C21H25N3O2. The van der Waals surface area contributed by atoms with Gasteiger partial charge in [0, 0.05) is 30.7 Å². The van der Waals surface area contributed by atoms with Crippen molar-refractivity contribution in [1.82, 2.24) is 14.8 Å². The van der Waals surface area contributed by atoms with Gasteiger partial charge in [0.2, 0.25) is 5.91 Å². The number of carbonyl (C=O) groups excluding carboxylic acids is 2. The first-order valence-corrected chi connectivity index (χ1v) is 9.51. The molecule has 0 aliphatic carbocycles. The Bertz CT molecular complexity index is 863. The van der Waals surface area contributed by atoms with Gasteiger partial charge in [0.1, 0.15) is 5.54 Å². The number of hydrogen-bond acceptors (Lipinski definition) is 3. The lowest BCUT2D eigenvalue weighted by Crippen LogP contribution is -2.62. The van der Waals surface area contributed by atoms with Crippen molar-refractivity contribution < 1.29 is 9.59 Å². The minimum Gasteiger partial charge on any atom is -0.338 e. The molecule has 0 radical (unpaired) electrons. The van der Waals surface area contributed by atoms with Crippen LogP contribution in [0.15, 0.2) is 36.5 Å². The second-order valence-corrected chi connectivity index (χ2v) is 7.70. The van der Waals surface area contributed by atoms with Gasteiger partial charge in [-0.3, -0.25) is 14.6 Å². The maximum Gasteiger partial charge on any atom is 0.256 e. The average Bonchev–Trinajstić information content (AvgIpc) is 3.07. The molecule has 1 aromatic heterocycles. The van der Waals surface area contributed by atoms with Crippen LogP contribution in [0.2, 0.25) is 0 Å². The third-order valence-corrected chi connectivity index (χ3v) is 5.84. The highest BCUT2D eigenvalue weighted by atomic mass is 16.2. The number of rotatable bonds is 2. The molecule has 1 aromatic carbocycles. The summed E-state index contributed by atoms with van der Waals surface area (Å²) in [5.74, 6) is 0.0538. The van der Waals surface area contributed by atoms with Gasteiger partial charge in [-0.2, -0.15) is 0 Å². The van der Waals surface area contributed by atoms with Crippen LogP contribution in [0.1, 0.15) is 49.9 Å². The monoisotopic (exact) mass is 351 g/mol. The van der Waals surface area contributed by atoms with E-state index in [9.17, 15) is 9.59 Å². The van der Waals surface area contributed by atoms with Crippen LogP contribution in [-0.4, -0.2) is 51.3 Å². The van der Waals surface area contributed by atoms with Crippen LogP contribution in [0.5, 0.6) is 0 Å². The minimum atomic E-state index is -0.661. The first kappa shape index (κ1) is 17.0. The van der Waals surface area contributed by atoms with E-state index >= 15 is 0 Å². The molecule has 0 saturated carbocycles. The molecule has 5 heteroatoms. The number of carbonyl (C=O) groups is 2. The van der Waals surface area contributed by atoms with Gasteiger partial charge in [0.25, 0.3) is 5.91 Å². The fraction of sp³-hybridized carbons (Fsp3) is 0.476. The van der Waals surface area contributed by atoms with E-state index in [1.165, 1.54) is 0 Å². The van der Waals surface area contributed by atoms with Crippen molar-refractivity contribution in [1.29, 1.82) is 0 Å². The van der Waals surface area contributed by atoms with Crippen molar-refractivity contribution in [2.75, 3.05) is 13.1 Å². The Morgan fingerprint density at radius 1 is 1.15 bits per heavy atom. The SMILES string of the molecule is CC(C)N1CCCC2(CCCN2C(=O)c2cnc3ccccc3c2)C1=O. The van der Waals surface area contributed by atoms with E-state index in [0.717, 1.165) is 43.1 Å². The lowest BCUT2D eigenvalue weighted by atomic mass is 9.84. The molecule has 1 spiro atoms. The molecular weight excluding hydrogens is 326 g/mol. The second kappa shape index (κ2) is 6.38. The predicted molar refractivity (Wildman–Crippen MR) is 101 cm³/mol. The molecule has 1 atom stereocenters. The molecule has 2 aliphatic heterocycles. The summed E-state index contributed by atoms with van der Waals surface area (Å²) in [6, 6.07) is 9.84. The van der Waals surface area contributed by atoms with Crippen molar-refractivity contribution in [3.8, 4) is 0 Å². The Hall–Kier alpha value is -2.43. The van der Waals surface area contributed by atoms with Gasteiger partial charge < -0.3 is 9.80 Å². The molecule has 2 aromatic rings. The van der Waals surface area contributed by atoms with Crippen LogP contribution in [0.4, 0.5) is 0 Å². The van der Waals surface area contributed by atoms with Gasteiger partial charge in [-0.25, -0.2) is 0 Å². The summed E-state index contributed by atoms with van der Waals surface area (Å²) in [4.78, 5) is 34.8. The van der Waals surface area contributed by atoms with Gasteiger partial charge in [-0.15, -0.1) is 0 Å². The van der Waals surface area contributed by atoms with Gasteiger partial charge in [-0.1, -0.05) is 18.2 Å². The highest BCUT2D eigenvalue weighted by molar-refractivity contribution is 6.01. The van der Waals surface area contributed by atoms with E-state index in [1.807, 2.05) is 54.0 Å². The molecule has 0 N–H and O–H groups in total. The summed E-state index contributed by atoms with van der Waals surface area (Å²) in [6.45, 7) is 5.53. The molecule has 2 saturated heterocycles. The zero-order valence-electron chi connectivity index (χ0n) is 15.4. The summed E-state index contributed by atoms with van der Waals surface area (Å²) in [7, 11) is 0. The highest BCUT2D eigenvalue weighted by Crippen LogP contribution is 2.39. The maximum atomic E-state index is 13.3. The number of amides is 2. The predicted octanol–water partition coefficient (Wildman–Crippen LogP) is 3.24. The summed E-state index contributed by atoms with van der Waals surface area (Å²) in [6.07, 6.45) is 5.00. The fourth-order valence-corrected chi connectivity index (χ4v) is 4.51. The summed E-state index contributed by atoms with van der Waals surface area (Å²) in [5.41, 5.74) is 0.782. The van der Waals surface area contributed by atoms with Crippen molar-refractivity contribution in [2.45, 2.75) is 51.1 Å². The van der Waals surface area contributed by atoms with Gasteiger partial charge >= 0.3 is 0 Å². The lowest BCUT2D eigenvalue weighted by Gasteiger charge is -2.46. The van der Waals surface area contributed by atoms with Gasteiger partial charge in [-0.05, 0) is 51.7 Å². The molecule has 26 heavy (non-hydrogen) atoms. The van der Waals surface area contributed by atoms with E-state index < -0.39 is 5.54 Å². The molecule has 0 bridgehead atoms. The second-order valence-electron chi connectivity index (χ2n) is 7.70. The van der Waals surface area contributed by atoms with E-state index in [1.54, 1.807) is 6.20 Å². The topological polar surface area (TPSA) is 53.5 Å². The van der Waals surface area contributed by atoms with Crippen LogP contribution in [0, 0.1) is 0 Å². The lowest BCUT2D eigenvalue weighted by molar-refractivity contribution is -0.147. The van der Waals surface area contributed by atoms with Crippen LogP contribution in [-0.2, 0) is 4.79 Å². The number of fused-ring (bicyclic) bond motifs is 1. The molecule has 2 amide bonds. The number of likely N-dealkylation sites (tertiary alicyclic amines) is 2. The third kappa shape index (κ3) is 2.57. The number of hydrogen-bond donors (Lipinski definition) is 0. The smallest absolute Gasteiger partial charge is 0.256 e. The van der Waals surface area contributed by atoms with E-state index in [2.05, 4.69) is 4.98 Å². The molecule has 5 nitrogen and oxygen atoms in total. The number of nitrogens with zero attached hydrogens (tertiary/aromatic N) is 3. The number of aromatic nitrogens is 1. The number of para-hydroxylation sites is 1. The Morgan fingerprint density at radius 2 is 1.88 bits per heavy atom. The molecule has 2 fully saturated rings. The molecule has 4 rings (SSSR count). The first-order valence-electron chi connectivity index (χ1n) is 9.51. The minimum absolute atomic E-state index is 0.0697. The zero-order chi connectivity index (χ0) is 18.3. The molecule has 136 valence electrons. The largest absolute Gasteiger partial charge is 0.338 e. The van der Waals surface area contributed by atoms with Crippen LogP contribution >= 0.6 is 0 Å². The molecule has 1 unspecified atom stereocenters. The maximum absolute atomic E-state index is 13.3. The van der Waals surface area contributed by atoms with Crippen molar-refractivity contribution in [3.63, 3.8) is 0 Å². The summed E-state index contributed by atoms with van der Waals surface area (Å²) in [5, 5.41) is 0.949. The fourth-order valence-electron chi connectivity index (χ4n) is 4.51. The third-order valence-electron chi connectivity index (χ3n) is 5.84. The number of piperidine rings is 1. The highest BCUT2D eigenvalue weighted by Gasteiger charge is 2.53. The van der Waals surface area contributed by atoms with Crippen LogP contribution < -0.4 is 0 Å². The van der Waals surface area contributed by atoms with Gasteiger partial charge in [0.05, 0.1) is 11.1 Å². The van der Waals surface area contributed by atoms with Crippen molar-refractivity contribution in [3.05, 3.63) is 42.1 Å².